The molecular weight excluding hydrogens is 687 g/mol. The molecule has 0 radical (unpaired) electrons. The van der Waals surface area contributed by atoms with Crippen molar-refractivity contribution < 1.29 is 0 Å². The van der Waals surface area contributed by atoms with Crippen LogP contribution in [-0.2, 0) is 5.41 Å². The van der Waals surface area contributed by atoms with E-state index in [-0.39, 0.29) is 11.5 Å². The third kappa shape index (κ3) is 6.69. The van der Waals surface area contributed by atoms with Crippen molar-refractivity contribution in [2.24, 2.45) is 5.73 Å². The number of H-pyrrole nitrogens is 2. The molecule has 0 amide bonds. The van der Waals surface area contributed by atoms with Crippen LogP contribution in [0.4, 0.5) is 0 Å². The van der Waals surface area contributed by atoms with E-state index in [1.807, 2.05) is 73.1 Å². The van der Waals surface area contributed by atoms with Gasteiger partial charge in [-0.3, -0.25) is 0 Å². The third-order valence-corrected chi connectivity index (χ3v) is 10.6. The Hall–Kier alpha value is -5.38. The molecule has 4 aromatic carbocycles. The number of aromatic nitrogens is 6. The summed E-state index contributed by atoms with van der Waals surface area (Å²) in [6, 6.07) is 37.1. The zero-order valence-electron chi connectivity index (χ0n) is 28.2. The second-order valence-electron chi connectivity index (χ2n) is 13.0. The van der Waals surface area contributed by atoms with E-state index in [9.17, 15) is 0 Å². The second kappa shape index (κ2) is 14.7. The minimum atomic E-state index is -0.202. The number of piperidine rings is 1. The molecule has 1 fully saturated rings. The lowest BCUT2D eigenvalue weighted by Crippen LogP contribution is -2.40. The van der Waals surface area contributed by atoms with Gasteiger partial charge in [0.05, 0.1) is 12.4 Å². The number of halogens is 2. The van der Waals surface area contributed by atoms with Crippen LogP contribution >= 0.6 is 23.2 Å². The minimum Gasteiger partial charge on any atom is -0.346 e. The van der Waals surface area contributed by atoms with Crippen LogP contribution in [0.2, 0.25) is 10.0 Å². The van der Waals surface area contributed by atoms with Gasteiger partial charge in [-0.25, -0.2) is 19.9 Å². The number of benzene rings is 4. The van der Waals surface area contributed by atoms with Crippen LogP contribution in [0.3, 0.4) is 0 Å². The molecule has 8 aromatic rings. The molecular formula is C42H36Cl2N8. The number of hydrogen-bond donors (Lipinski definition) is 4. The first-order valence-electron chi connectivity index (χ1n) is 17.2. The molecule has 8 nitrogen and oxygen atoms in total. The highest BCUT2D eigenvalue weighted by Gasteiger charge is 2.35. The Kier molecular flexibility index (Phi) is 9.54. The smallest absolute Gasteiger partial charge is 0.161 e. The molecule has 0 aliphatic carbocycles. The van der Waals surface area contributed by atoms with E-state index >= 15 is 0 Å². The van der Waals surface area contributed by atoms with Crippen LogP contribution in [0.25, 0.3) is 44.6 Å². The fraction of sp³-hybridized carbons (Fsp3) is 0.143. The van der Waals surface area contributed by atoms with E-state index in [2.05, 4.69) is 83.8 Å². The summed E-state index contributed by atoms with van der Waals surface area (Å²) in [5, 5.41) is 6.16. The van der Waals surface area contributed by atoms with Gasteiger partial charge in [-0.05, 0) is 95.7 Å². The molecule has 0 saturated carbocycles. The maximum absolute atomic E-state index is 6.34. The normalized spacial score (nSPS) is 14.5. The van der Waals surface area contributed by atoms with E-state index in [0.717, 1.165) is 75.5 Å². The molecule has 4 aromatic heterocycles. The van der Waals surface area contributed by atoms with Gasteiger partial charge in [-0.15, -0.1) is 0 Å². The fourth-order valence-electron chi connectivity index (χ4n) is 7.23. The first-order chi connectivity index (χ1) is 25.5. The van der Waals surface area contributed by atoms with Gasteiger partial charge in [-0.2, -0.15) is 0 Å². The summed E-state index contributed by atoms with van der Waals surface area (Å²) in [5.74, 6) is 0. The molecule has 5 heterocycles. The molecule has 258 valence electrons. The van der Waals surface area contributed by atoms with Crippen molar-refractivity contribution >= 4 is 45.4 Å². The van der Waals surface area contributed by atoms with Gasteiger partial charge < -0.3 is 21.0 Å². The Labute approximate surface area is 311 Å². The van der Waals surface area contributed by atoms with Crippen molar-refractivity contribution in [2.45, 2.75) is 24.3 Å². The average Bonchev–Trinajstić information content (AvgIpc) is 3.89. The average molecular weight is 724 g/mol. The Morgan fingerprint density at radius 3 is 1.92 bits per heavy atom. The van der Waals surface area contributed by atoms with E-state index in [1.54, 1.807) is 6.33 Å². The second-order valence-corrected chi connectivity index (χ2v) is 13.9. The standard InChI is InChI=1S/C24H22ClN3.C18H14ClN5/c25-20-7-5-19(6-8-20)24(11-15-26-16-12-24)18-3-1-17(2-4-18)21-9-13-27-23-22(21)10-14-28-23;19-14-7-5-12(6-8-14)15(20)11-1-3-13(4-2-11)16-17-18(23-9-21-16)24-10-22-17/h1-10,13-14,26H,11-12,15-16H2,(H,27,28);1-10,15H,20H2,(H,21,22,23,24). The molecule has 5 N–H and O–H groups in total. The first-order valence-corrected chi connectivity index (χ1v) is 18.0. The van der Waals surface area contributed by atoms with E-state index in [0.29, 0.717) is 5.02 Å². The molecule has 1 atom stereocenters. The molecule has 1 aliphatic heterocycles. The summed E-state index contributed by atoms with van der Waals surface area (Å²) < 4.78 is 0. The number of nitrogens with two attached hydrogens (primary N) is 1. The number of fused-ring (bicyclic) bond motifs is 2. The summed E-state index contributed by atoms with van der Waals surface area (Å²) in [5.41, 5.74) is 17.8. The van der Waals surface area contributed by atoms with Gasteiger partial charge in [0.25, 0.3) is 0 Å². The Morgan fingerprint density at radius 1 is 0.615 bits per heavy atom. The van der Waals surface area contributed by atoms with Crippen LogP contribution in [0, 0.1) is 0 Å². The SMILES string of the molecule is Clc1ccc(C2(c3ccc(-c4ccnc5[nH]ccc45)cc3)CCNCC2)cc1.NC(c1ccc(Cl)cc1)c1ccc(-c2ncnc3[nH]cnc23)cc1. The largest absolute Gasteiger partial charge is 0.346 e. The number of hydrogen-bond acceptors (Lipinski definition) is 6. The number of imidazole rings is 1. The van der Waals surface area contributed by atoms with Gasteiger partial charge in [0.2, 0.25) is 0 Å². The van der Waals surface area contributed by atoms with Gasteiger partial charge in [0.1, 0.15) is 23.2 Å². The molecule has 10 heteroatoms. The Morgan fingerprint density at radius 2 is 1.23 bits per heavy atom. The maximum atomic E-state index is 6.34. The van der Waals surface area contributed by atoms with Crippen LogP contribution in [0.15, 0.2) is 134 Å². The van der Waals surface area contributed by atoms with Crippen molar-refractivity contribution in [1.29, 1.82) is 0 Å². The van der Waals surface area contributed by atoms with Crippen molar-refractivity contribution in [3.05, 3.63) is 167 Å². The molecule has 1 aliphatic rings. The zero-order valence-corrected chi connectivity index (χ0v) is 29.7. The predicted octanol–water partition coefficient (Wildman–Crippen LogP) is 9.27. The number of nitrogens with one attached hydrogen (secondary N) is 3. The maximum Gasteiger partial charge on any atom is 0.161 e. The summed E-state index contributed by atoms with van der Waals surface area (Å²) >= 11 is 12.1. The van der Waals surface area contributed by atoms with Crippen molar-refractivity contribution in [2.75, 3.05) is 13.1 Å². The summed E-state index contributed by atoms with van der Waals surface area (Å²) in [6.07, 6.45) is 9.14. The molecule has 9 rings (SSSR count). The van der Waals surface area contributed by atoms with E-state index in [1.165, 1.54) is 28.6 Å². The summed E-state index contributed by atoms with van der Waals surface area (Å²) in [4.78, 5) is 23.4. The Balaban J connectivity index is 0.000000151. The molecule has 1 saturated heterocycles. The third-order valence-electron chi connectivity index (χ3n) is 10.1. The van der Waals surface area contributed by atoms with Crippen molar-refractivity contribution in [3.8, 4) is 22.4 Å². The number of aromatic amines is 2. The highest BCUT2D eigenvalue weighted by atomic mass is 35.5. The van der Waals surface area contributed by atoms with Gasteiger partial charge in [-0.1, -0.05) is 96.0 Å². The van der Waals surface area contributed by atoms with Crippen LogP contribution in [-0.4, -0.2) is 43.0 Å². The van der Waals surface area contributed by atoms with Crippen LogP contribution < -0.4 is 11.1 Å². The summed E-state index contributed by atoms with van der Waals surface area (Å²) in [7, 11) is 0. The van der Waals surface area contributed by atoms with Crippen molar-refractivity contribution in [3.63, 3.8) is 0 Å². The summed E-state index contributed by atoms with van der Waals surface area (Å²) in [6.45, 7) is 2.05. The monoisotopic (exact) mass is 722 g/mol. The lowest BCUT2D eigenvalue weighted by molar-refractivity contribution is 0.362. The quantitative estimate of drug-likeness (QED) is 0.136. The van der Waals surface area contributed by atoms with Gasteiger partial charge in [0.15, 0.2) is 5.65 Å². The zero-order chi connectivity index (χ0) is 35.5. The molecule has 52 heavy (non-hydrogen) atoms. The number of pyridine rings is 1. The minimum absolute atomic E-state index is 0.0377. The van der Waals surface area contributed by atoms with Gasteiger partial charge >= 0.3 is 0 Å². The van der Waals surface area contributed by atoms with Crippen LogP contribution in [0.1, 0.15) is 41.1 Å². The van der Waals surface area contributed by atoms with E-state index < -0.39 is 0 Å². The first kappa shape index (κ1) is 33.7. The van der Waals surface area contributed by atoms with Crippen LogP contribution in [0.5, 0.6) is 0 Å². The lowest BCUT2D eigenvalue weighted by atomic mass is 9.68. The fourth-order valence-corrected chi connectivity index (χ4v) is 7.49. The Bertz CT molecular complexity index is 2410. The molecule has 1 unspecified atom stereocenters. The van der Waals surface area contributed by atoms with Crippen molar-refractivity contribution in [1.82, 2.24) is 35.2 Å². The molecule has 0 spiro atoms. The highest BCUT2D eigenvalue weighted by Crippen LogP contribution is 2.41. The number of rotatable bonds is 6. The molecule has 0 bridgehead atoms. The van der Waals surface area contributed by atoms with E-state index in [4.69, 9.17) is 28.9 Å². The van der Waals surface area contributed by atoms with Gasteiger partial charge in [0, 0.05) is 38.8 Å². The number of nitrogens with zero attached hydrogens (tertiary/aromatic N) is 4. The topological polar surface area (TPSA) is 121 Å². The predicted molar refractivity (Wildman–Crippen MR) is 210 cm³/mol. The lowest BCUT2D eigenvalue weighted by Gasteiger charge is -2.39. The highest BCUT2D eigenvalue weighted by molar-refractivity contribution is 6.30.